The molecule has 0 aromatic heterocycles. The van der Waals surface area contributed by atoms with E-state index in [9.17, 15) is 13.2 Å². The monoisotopic (exact) mass is 456 g/mol. The lowest BCUT2D eigenvalue weighted by atomic mass is 10.1. The average Bonchev–Trinajstić information content (AvgIpc) is 2.75. The third kappa shape index (κ3) is 5.87. The van der Waals surface area contributed by atoms with Crippen molar-refractivity contribution in [3.63, 3.8) is 0 Å². The first kappa shape index (κ1) is 22.8. The summed E-state index contributed by atoms with van der Waals surface area (Å²) in [6, 6.07) is 18.9. The van der Waals surface area contributed by atoms with Crippen molar-refractivity contribution < 1.29 is 13.2 Å². The summed E-state index contributed by atoms with van der Waals surface area (Å²) in [6.07, 6.45) is 3.24. The van der Waals surface area contributed by atoms with Crippen molar-refractivity contribution >= 4 is 38.9 Å². The summed E-state index contributed by atoms with van der Waals surface area (Å²) in [4.78, 5) is 12.6. The van der Waals surface area contributed by atoms with Crippen molar-refractivity contribution in [1.82, 2.24) is 0 Å². The second-order valence-electron chi connectivity index (χ2n) is 7.32. The van der Waals surface area contributed by atoms with Crippen LogP contribution in [0.25, 0.3) is 0 Å². The van der Waals surface area contributed by atoms with Crippen molar-refractivity contribution in [2.45, 2.75) is 38.0 Å². The molecule has 0 saturated carbocycles. The lowest BCUT2D eigenvalue weighted by molar-refractivity contribution is 0.102. The number of unbranched alkanes of at least 4 members (excludes halogenated alkanes) is 1. The highest BCUT2D eigenvalue weighted by Crippen LogP contribution is 2.26. The normalized spacial score (nSPS) is 11.2. The van der Waals surface area contributed by atoms with Crippen LogP contribution < -0.4 is 10.0 Å². The highest BCUT2D eigenvalue weighted by molar-refractivity contribution is 7.92. The molecule has 3 aromatic rings. The molecule has 0 bridgehead atoms. The fourth-order valence-corrected chi connectivity index (χ4v) is 4.73. The van der Waals surface area contributed by atoms with Gasteiger partial charge in [-0.3, -0.25) is 9.52 Å². The summed E-state index contributed by atoms with van der Waals surface area (Å²) < 4.78 is 28.3. The highest BCUT2D eigenvalue weighted by Gasteiger charge is 2.21. The predicted molar refractivity (Wildman–Crippen MR) is 126 cm³/mol. The summed E-state index contributed by atoms with van der Waals surface area (Å²) in [5, 5.41) is 2.84. The number of para-hydroxylation sites is 1. The SMILES string of the molecule is CCCCc1ccc(NC(=O)c2ccc(Cl)c(S(=O)(=O)Nc3ccccc3C)c2)cc1. The molecule has 31 heavy (non-hydrogen) atoms. The standard InChI is InChI=1S/C24H25ClN2O3S/c1-3-4-8-18-10-13-20(14-11-18)26-24(28)19-12-15-21(25)23(16-19)31(29,30)27-22-9-6-5-7-17(22)2/h5-7,9-16,27H,3-4,8H2,1-2H3,(H,26,28). The maximum atomic E-state index is 12.9. The van der Waals surface area contributed by atoms with E-state index in [4.69, 9.17) is 11.6 Å². The Morgan fingerprint density at radius 3 is 2.39 bits per heavy atom. The van der Waals surface area contributed by atoms with Gasteiger partial charge in [0.2, 0.25) is 0 Å². The largest absolute Gasteiger partial charge is 0.322 e. The van der Waals surface area contributed by atoms with Crippen LogP contribution in [0.15, 0.2) is 71.6 Å². The predicted octanol–water partition coefficient (Wildman–Crippen LogP) is 6.04. The van der Waals surface area contributed by atoms with Gasteiger partial charge in [0, 0.05) is 11.3 Å². The molecule has 0 heterocycles. The van der Waals surface area contributed by atoms with Gasteiger partial charge < -0.3 is 5.32 Å². The molecule has 0 fully saturated rings. The zero-order valence-electron chi connectivity index (χ0n) is 17.5. The Morgan fingerprint density at radius 1 is 1.00 bits per heavy atom. The zero-order valence-corrected chi connectivity index (χ0v) is 19.1. The maximum absolute atomic E-state index is 12.9. The smallest absolute Gasteiger partial charge is 0.263 e. The molecule has 3 aromatic carbocycles. The second kappa shape index (κ2) is 9.98. The van der Waals surface area contributed by atoms with Crippen LogP contribution in [0.4, 0.5) is 11.4 Å². The van der Waals surface area contributed by atoms with E-state index in [1.165, 1.54) is 23.8 Å². The third-order valence-corrected chi connectivity index (χ3v) is 6.75. The van der Waals surface area contributed by atoms with E-state index in [1.807, 2.05) is 30.3 Å². The Labute approximate surface area is 188 Å². The van der Waals surface area contributed by atoms with E-state index < -0.39 is 15.9 Å². The lowest BCUT2D eigenvalue weighted by Gasteiger charge is -2.13. The number of carbonyl (C=O) groups is 1. The van der Waals surface area contributed by atoms with Gasteiger partial charge in [0.25, 0.3) is 15.9 Å². The first-order valence-electron chi connectivity index (χ1n) is 10.1. The van der Waals surface area contributed by atoms with Crippen LogP contribution in [0.5, 0.6) is 0 Å². The van der Waals surface area contributed by atoms with Gasteiger partial charge in [-0.25, -0.2) is 8.42 Å². The molecule has 0 aliphatic heterocycles. The number of amides is 1. The quantitative estimate of drug-likeness (QED) is 0.433. The number of sulfonamides is 1. The van der Waals surface area contributed by atoms with E-state index in [0.717, 1.165) is 24.8 Å². The number of hydrogen-bond acceptors (Lipinski definition) is 3. The van der Waals surface area contributed by atoms with E-state index in [2.05, 4.69) is 17.0 Å². The van der Waals surface area contributed by atoms with Crippen molar-refractivity contribution in [2.24, 2.45) is 0 Å². The molecule has 162 valence electrons. The Kier molecular flexibility index (Phi) is 7.36. The third-order valence-electron chi connectivity index (χ3n) is 4.90. The first-order chi connectivity index (χ1) is 14.8. The number of hydrogen-bond donors (Lipinski definition) is 2. The number of rotatable bonds is 8. The van der Waals surface area contributed by atoms with Gasteiger partial charge in [0.15, 0.2) is 0 Å². The summed E-state index contributed by atoms with van der Waals surface area (Å²) in [7, 11) is -3.97. The summed E-state index contributed by atoms with van der Waals surface area (Å²) in [6.45, 7) is 3.95. The molecule has 5 nitrogen and oxygen atoms in total. The molecule has 0 aliphatic carbocycles. The van der Waals surface area contributed by atoms with Crippen LogP contribution in [-0.2, 0) is 16.4 Å². The van der Waals surface area contributed by atoms with E-state index >= 15 is 0 Å². The zero-order chi connectivity index (χ0) is 22.4. The number of anilines is 2. The van der Waals surface area contributed by atoms with Crippen molar-refractivity contribution in [1.29, 1.82) is 0 Å². The van der Waals surface area contributed by atoms with Crippen LogP contribution in [-0.4, -0.2) is 14.3 Å². The fraction of sp³-hybridized carbons (Fsp3) is 0.208. The lowest BCUT2D eigenvalue weighted by Crippen LogP contribution is -2.17. The molecule has 0 aliphatic rings. The fourth-order valence-electron chi connectivity index (χ4n) is 3.08. The molecule has 0 saturated heterocycles. The summed E-state index contributed by atoms with van der Waals surface area (Å²) >= 11 is 6.16. The summed E-state index contributed by atoms with van der Waals surface area (Å²) in [5.74, 6) is -0.412. The van der Waals surface area contributed by atoms with Crippen molar-refractivity contribution in [2.75, 3.05) is 10.0 Å². The molecule has 3 rings (SSSR count). The second-order valence-corrected chi connectivity index (χ2v) is 9.38. The van der Waals surface area contributed by atoms with Crippen LogP contribution >= 0.6 is 11.6 Å². The minimum atomic E-state index is -3.97. The number of carbonyl (C=O) groups excluding carboxylic acids is 1. The van der Waals surface area contributed by atoms with Crippen molar-refractivity contribution in [3.8, 4) is 0 Å². The Hall–Kier alpha value is -2.83. The van der Waals surface area contributed by atoms with Gasteiger partial charge in [0.05, 0.1) is 10.7 Å². The molecular weight excluding hydrogens is 432 g/mol. The Bertz CT molecular complexity index is 1180. The highest BCUT2D eigenvalue weighted by atomic mass is 35.5. The van der Waals surface area contributed by atoms with Crippen molar-refractivity contribution in [3.05, 3.63) is 88.4 Å². The summed E-state index contributed by atoms with van der Waals surface area (Å²) in [5.41, 5.74) is 3.28. The van der Waals surface area contributed by atoms with Gasteiger partial charge in [0.1, 0.15) is 4.90 Å². The number of aryl methyl sites for hydroxylation is 2. The minimum absolute atomic E-state index is 0.0397. The number of benzene rings is 3. The van der Waals surface area contributed by atoms with Crippen LogP contribution in [0, 0.1) is 6.92 Å². The van der Waals surface area contributed by atoms with Gasteiger partial charge in [-0.05, 0) is 67.3 Å². The molecular formula is C24H25ClN2O3S. The molecule has 7 heteroatoms. The van der Waals surface area contributed by atoms with Gasteiger partial charge in [-0.1, -0.05) is 55.3 Å². The Morgan fingerprint density at radius 2 is 1.71 bits per heavy atom. The Balaban J connectivity index is 1.80. The van der Waals surface area contributed by atoms with Gasteiger partial charge >= 0.3 is 0 Å². The molecule has 2 N–H and O–H groups in total. The van der Waals surface area contributed by atoms with Crippen LogP contribution in [0.3, 0.4) is 0 Å². The van der Waals surface area contributed by atoms with E-state index in [-0.39, 0.29) is 15.5 Å². The first-order valence-corrected chi connectivity index (χ1v) is 11.9. The number of halogens is 1. The van der Waals surface area contributed by atoms with Crippen LogP contribution in [0.2, 0.25) is 5.02 Å². The molecule has 1 amide bonds. The number of nitrogens with one attached hydrogen (secondary N) is 2. The molecule has 0 unspecified atom stereocenters. The topological polar surface area (TPSA) is 75.3 Å². The van der Waals surface area contributed by atoms with Crippen LogP contribution in [0.1, 0.15) is 41.3 Å². The molecule has 0 spiro atoms. The van der Waals surface area contributed by atoms with E-state index in [0.29, 0.717) is 11.4 Å². The van der Waals surface area contributed by atoms with E-state index in [1.54, 1.807) is 25.1 Å². The van der Waals surface area contributed by atoms with Gasteiger partial charge in [-0.2, -0.15) is 0 Å². The minimum Gasteiger partial charge on any atom is -0.322 e. The average molecular weight is 457 g/mol. The molecule has 0 atom stereocenters. The molecule has 0 radical (unpaired) electrons. The maximum Gasteiger partial charge on any atom is 0.263 e. The van der Waals surface area contributed by atoms with Gasteiger partial charge in [-0.15, -0.1) is 0 Å².